The Labute approximate surface area is 115 Å². The predicted octanol–water partition coefficient (Wildman–Crippen LogP) is 2.79. The topological polar surface area (TPSA) is 74.2 Å². The summed E-state index contributed by atoms with van der Waals surface area (Å²) >= 11 is 0. The lowest BCUT2D eigenvalue weighted by Gasteiger charge is -2.27. The molecule has 0 radical (unpaired) electrons. The summed E-state index contributed by atoms with van der Waals surface area (Å²) in [6.45, 7) is 7.58. The number of unbranched alkanes of at least 4 members (excludes halogenated alkanes) is 2. The molecular weight excluding hydrogens is 242 g/mol. The van der Waals surface area contributed by atoms with E-state index < -0.39 is 5.60 Å². The molecule has 0 bridgehead atoms. The van der Waals surface area contributed by atoms with E-state index in [-0.39, 0.29) is 0 Å². The van der Waals surface area contributed by atoms with Crippen molar-refractivity contribution in [2.45, 2.75) is 64.9 Å². The van der Waals surface area contributed by atoms with Gasteiger partial charge < -0.3 is 15.0 Å². The summed E-state index contributed by atoms with van der Waals surface area (Å²) in [5.41, 5.74) is 5.08. The number of aromatic nitrogens is 2. The van der Waals surface area contributed by atoms with Crippen molar-refractivity contribution in [2.75, 3.05) is 13.2 Å². The molecule has 0 saturated carbocycles. The third-order valence-electron chi connectivity index (χ3n) is 3.53. The van der Waals surface area contributed by atoms with Gasteiger partial charge in [-0.1, -0.05) is 25.4 Å². The molecule has 19 heavy (non-hydrogen) atoms. The summed E-state index contributed by atoms with van der Waals surface area (Å²) in [6.07, 6.45) is 5.72. The van der Waals surface area contributed by atoms with E-state index >= 15 is 0 Å². The van der Waals surface area contributed by atoms with Gasteiger partial charge in [-0.25, -0.2) is 0 Å². The van der Waals surface area contributed by atoms with Crippen molar-refractivity contribution in [1.82, 2.24) is 10.1 Å². The molecule has 0 aliphatic rings. The van der Waals surface area contributed by atoms with Gasteiger partial charge in [0, 0.05) is 13.0 Å². The van der Waals surface area contributed by atoms with Gasteiger partial charge in [-0.05, 0) is 39.2 Å². The molecule has 2 N–H and O–H groups in total. The van der Waals surface area contributed by atoms with Crippen LogP contribution in [-0.4, -0.2) is 23.3 Å². The number of ether oxygens (including phenoxy) is 1. The van der Waals surface area contributed by atoms with Gasteiger partial charge in [0.15, 0.2) is 0 Å². The Bertz CT molecular complexity index is 348. The van der Waals surface area contributed by atoms with Gasteiger partial charge in [0.25, 0.3) is 0 Å². The fourth-order valence-electron chi connectivity index (χ4n) is 2.25. The lowest BCUT2D eigenvalue weighted by Crippen LogP contribution is -2.29. The third-order valence-corrected chi connectivity index (χ3v) is 3.53. The number of nitrogens with zero attached hydrogens (tertiary/aromatic N) is 2. The van der Waals surface area contributed by atoms with Crippen LogP contribution in [0.4, 0.5) is 0 Å². The largest absolute Gasteiger partial charge is 0.367 e. The third kappa shape index (κ3) is 4.28. The highest BCUT2D eigenvalue weighted by molar-refractivity contribution is 5.01. The molecule has 1 rings (SSSR count). The van der Waals surface area contributed by atoms with Gasteiger partial charge in [-0.2, -0.15) is 4.98 Å². The fourth-order valence-corrected chi connectivity index (χ4v) is 2.25. The van der Waals surface area contributed by atoms with Crippen LogP contribution >= 0.6 is 0 Å². The fraction of sp³-hybridized carbons (Fsp3) is 0.857. The standard InChI is InChI=1S/C14H27N3O2/c1-4-14(5-2,18-6-3)13-16-12(19-17-13)10-8-7-9-11-15/h4-11,15H2,1-3H3. The highest BCUT2D eigenvalue weighted by atomic mass is 16.5. The van der Waals surface area contributed by atoms with Crippen LogP contribution in [0.1, 0.15) is 64.6 Å². The minimum absolute atomic E-state index is 0.395. The summed E-state index contributed by atoms with van der Waals surface area (Å²) in [5, 5.41) is 4.11. The van der Waals surface area contributed by atoms with Crippen molar-refractivity contribution in [3.8, 4) is 0 Å². The average Bonchev–Trinajstić information content (AvgIpc) is 2.90. The highest BCUT2D eigenvalue weighted by Gasteiger charge is 2.34. The van der Waals surface area contributed by atoms with Crippen molar-refractivity contribution in [3.05, 3.63) is 11.7 Å². The number of nitrogens with two attached hydrogens (primary N) is 1. The molecule has 110 valence electrons. The first-order valence-corrected chi connectivity index (χ1v) is 7.39. The van der Waals surface area contributed by atoms with Crippen molar-refractivity contribution in [3.63, 3.8) is 0 Å². The second-order valence-corrected chi connectivity index (χ2v) is 4.75. The Hall–Kier alpha value is -0.940. The van der Waals surface area contributed by atoms with E-state index in [2.05, 4.69) is 24.0 Å². The van der Waals surface area contributed by atoms with Crippen LogP contribution in [0, 0.1) is 0 Å². The quantitative estimate of drug-likeness (QED) is 0.661. The SMILES string of the molecule is CCOC(CC)(CC)c1noc(CCCCCN)n1. The summed E-state index contributed by atoms with van der Waals surface area (Å²) in [4.78, 5) is 4.51. The molecule has 0 unspecified atom stereocenters. The molecule has 0 saturated heterocycles. The van der Waals surface area contributed by atoms with Crippen LogP contribution < -0.4 is 5.73 Å². The molecule has 5 heteroatoms. The molecule has 1 aromatic heterocycles. The van der Waals surface area contributed by atoms with E-state index in [4.69, 9.17) is 15.0 Å². The molecule has 0 spiro atoms. The Morgan fingerprint density at radius 1 is 1.16 bits per heavy atom. The van der Waals surface area contributed by atoms with Crippen LogP contribution in [0.5, 0.6) is 0 Å². The summed E-state index contributed by atoms with van der Waals surface area (Å²) < 4.78 is 11.2. The molecule has 0 aliphatic heterocycles. The van der Waals surface area contributed by atoms with E-state index in [1.54, 1.807) is 0 Å². The Morgan fingerprint density at radius 2 is 1.89 bits per heavy atom. The van der Waals surface area contributed by atoms with Crippen LogP contribution in [-0.2, 0) is 16.8 Å². The van der Waals surface area contributed by atoms with Crippen molar-refractivity contribution in [1.29, 1.82) is 0 Å². The predicted molar refractivity (Wildman–Crippen MR) is 74.8 cm³/mol. The summed E-state index contributed by atoms with van der Waals surface area (Å²) in [6, 6.07) is 0. The van der Waals surface area contributed by atoms with Crippen LogP contribution in [0.3, 0.4) is 0 Å². The minimum atomic E-state index is -0.395. The van der Waals surface area contributed by atoms with Crippen LogP contribution in [0.25, 0.3) is 0 Å². The number of hydrogen-bond acceptors (Lipinski definition) is 5. The number of aryl methyl sites for hydroxylation is 1. The maximum Gasteiger partial charge on any atom is 0.226 e. The van der Waals surface area contributed by atoms with E-state index in [0.717, 1.165) is 45.1 Å². The molecule has 0 atom stereocenters. The molecule has 0 aliphatic carbocycles. The zero-order valence-corrected chi connectivity index (χ0v) is 12.4. The molecule has 5 nitrogen and oxygen atoms in total. The highest BCUT2D eigenvalue weighted by Crippen LogP contribution is 2.30. The lowest BCUT2D eigenvalue weighted by atomic mass is 9.96. The normalized spacial score (nSPS) is 12.0. The lowest BCUT2D eigenvalue weighted by molar-refractivity contribution is -0.0583. The van der Waals surface area contributed by atoms with Crippen LogP contribution in [0.2, 0.25) is 0 Å². The summed E-state index contributed by atoms with van der Waals surface area (Å²) in [7, 11) is 0. The minimum Gasteiger partial charge on any atom is -0.367 e. The smallest absolute Gasteiger partial charge is 0.226 e. The van der Waals surface area contributed by atoms with Crippen molar-refractivity contribution < 1.29 is 9.26 Å². The first-order chi connectivity index (χ1) is 9.22. The molecule has 1 heterocycles. The Kier molecular flexibility index (Phi) is 7.02. The first-order valence-electron chi connectivity index (χ1n) is 7.39. The molecule has 0 fully saturated rings. The second kappa shape index (κ2) is 8.27. The Morgan fingerprint density at radius 3 is 2.47 bits per heavy atom. The summed E-state index contributed by atoms with van der Waals surface area (Å²) in [5.74, 6) is 1.39. The van der Waals surface area contributed by atoms with Gasteiger partial charge in [0.2, 0.25) is 11.7 Å². The maximum atomic E-state index is 5.87. The zero-order valence-electron chi connectivity index (χ0n) is 12.4. The van der Waals surface area contributed by atoms with Crippen molar-refractivity contribution >= 4 is 0 Å². The second-order valence-electron chi connectivity index (χ2n) is 4.75. The van der Waals surface area contributed by atoms with E-state index in [0.29, 0.717) is 18.3 Å². The van der Waals surface area contributed by atoms with Gasteiger partial charge in [0.05, 0.1) is 0 Å². The van der Waals surface area contributed by atoms with Crippen molar-refractivity contribution in [2.24, 2.45) is 5.73 Å². The number of hydrogen-bond donors (Lipinski definition) is 1. The molecule has 0 amide bonds. The average molecular weight is 269 g/mol. The van der Waals surface area contributed by atoms with Gasteiger partial charge in [-0.3, -0.25) is 0 Å². The van der Waals surface area contributed by atoms with E-state index in [1.165, 1.54) is 0 Å². The molecule has 0 aromatic carbocycles. The van der Waals surface area contributed by atoms with Crippen LogP contribution in [0.15, 0.2) is 4.52 Å². The zero-order chi connectivity index (χ0) is 14.1. The van der Waals surface area contributed by atoms with E-state index in [1.807, 2.05) is 6.92 Å². The van der Waals surface area contributed by atoms with Gasteiger partial charge in [0.1, 0.15) is 5.60 Å². The Balaban J connectivity index is 2.65. The van der Waals surface area contributed by atoms with Gasteiger partial charge >= 0.3 is 0 Å². The number of rotatable bonds is 10. The molecule has 1 aromatic rings. The first kappa shape index (κ1) is 16.1. The van der Waals surface area contributed by atoms with E-state index in [9.17, 15) is 0 Å². The monoisotopic (exact) mass is 269 g/mol. The molecular formula is C14H27N3O2. The maximum absolute atomic E-state index is 5.87. The van der Waals surface area contributed by atoms with Gasteiger partial charge in [-0.15, -0.1) is 0 Å².